The van der Waals surface area contributed by atoms with Crippen LogP contribution in [-0.4, -0.2) is 45.0 Å². The Balaban J connectivity index is 1.33. The molecule has 3 heterocycles. The molecule has 1 amide bonds. The van der Waals surface area contributed by atoms with E-state index in [4.69, 9.17) is 0 Å². The number of piperidine rings is 1. The van der Waals surface area contributed by atoms with Crippen molar-refractivity contribution in [3.8, 4) is 0 Å². The van der Waals surface area contributed by atoms with Gasteiger partial charge in [0, 0.05) is 32.0 Å². The number of carbonyl (C=O) groups is 1. The number of carbonyl (C=O) groups excluding carboxylic acids is 1. The molecule has 26 heavy (non-hydrogen) atoms. The summed E-state index contributed by atoms with van der Waals surface area (Å²) < 4.78 is 1.62. The minimum Gasteiger partial charge on any atom is -0.352 e. The standard InChI is InChI=1S/C20H23N5O/c26-20(18-13-23-25-11-5-9-21-19(18)25)22-12-17-8-4-10-24(15-17)14-16-6-2-1-3-7-16/h1-3,5-7,9,11,13,17H,4,8,10,12,14-15H2,(H,22,26)/t17-/m1/s1. The summed E-state index contributed by atoms with van der Waals surface area (Å²) in [4.78, 5) is 19.2. The highest BCUT2D eigenvalue weighted by atomic mass is 16.1. The molecule has 1 fully saturated rings. The number of rotatable bonds is 5. The molecule has 1 atom stereocenters. The Bertz CT molecular complexity index is 876. The monoisotopic (exact) mass is 349 g/mol. The molecule has 0 aliphatic carbocycles. The summed E-state index contributed by atoms with van der Waals surface area (Å²) in [7, 11) is 0. The van der Waals surface area contributed by atoms with E-state index in [1.807, 2.05) is 6.07 Å². The molecule has 0 radical (unpaired) electrons. The first kappa shape index (κ1) is 16.7. The number of fused-ring (bicyclic) bond motifs is 1. The summed E-state index contributed by atoms with van der Waals surface area (Å²) in [6.45, 7) is 3.80. The maximum atomic E-state index is 12.5. The van der Waals surface area contributed by atoms with Gasteiger partial charge in [0.25, 0.3) is 5.91 Å². The van der Waals surface area contributed by atoms with Crippen molar-refractivity contribution in [1.29, 1.82) is 0 Å². The SMILES string of the molecule is O=C(NC[C@H]1CCCN(Cc2ccccc2)C1)c1cnn2cccnc12. The first-order chi connectivity index (χ1) is 12.8. The third-order valence-electron chi connectivity index (χ3n) is 4.93. The van der Waals surface area contributed by atoms with Gasteiger partial charge in [-0.1, -0.05) is 30.3 Å². The molecule has 134 valence electrons. The quantitative estimate of drug-likeness (QED) is 0.768. The molecule has 6 nitrogen and oxygen atoms in total. The van der Waals surface area contributed by atoms with E-state index in [-0.39, 0.29) is 5.91 Å². The van der Waals surface area contributed by atoms with Crippen LogP contribution in [0.4, 0.5) is 0 Å². The molecule has 1 saturated heterocycles. The highest BCUT2D eigenvalue weighted by Crippen LogP contribution is 2.18. The average Bonchev–Trinajstić information content (AvgIpc) is 3.11. The van der Waals surface area contributed by atoms with Crippen LogP contribution in [0.1, 0.15) is 28.8 Å². The molecule has 1 aliphatic heterocycles. The molecule has 0 spiro atoms. The van der Waals surface area contributed by atoms with E-state index in [1.54, 1.807) is 29.2 Å². The molecule has 1 N–H and O–H groups in total. The smallest absolute Gasteiger partial charge is 0.256 e. The molecular weight excluding hydrogens is 326 g/mol. The van der Waals surface area contributed by atoms with E-state index < -0.39 is 0 Å². The molecule has 3 aromatic rings. The molecule has 2 aromatic heterocycles. The maximum Gasteiger partial charge on any atom is 0.256 e. The molecular formula is C20H23N5O. The average molecular weight is 349 g/mol. The second kappa shape index (κ2) is 7.66. The predicted octanol–water partition coefficient (Wildman–Crippen LogP) is 2.37. The van der Waals surface area contributed by atoms with Gasteiger partial charge >= 0.3 is 0 Å². The Hall–Kier alpha value is -2.73. The number of amides is 1. The van der Waals surface area contributed by atoms with Crippen LogP contribution in [0, 0.1) is 5.92 Å². The molecule has 6 heteroatoms. The third kappa shape index (κ3) is 3.75. The lowest BCUT2D eigenvalue weighted by atomic mass is 9.97. The highest BCUT2D eigenvalue weighted by molar-refractivity contribution is 5.99. The summed E-state index contributed by atoms with van der Waals surface area (Å²) in [5, 5.41) is 7.25. The fraction of sp³-hybridized carbons (Fsp3) is 0.350. The summed E-state index contributed by atoms with van der Waals surface area (Å²) in [6, 6.07) is 12.4. The fourth-order valence-electron chi connectivity index (χ4n) is 3.62. The Kier molecular flexibility index (Phi) is 4.93. The van der Waals surface area contributed by atoms with Crippen LogP contribution in [0.15, 0.2) is 55.0 Å². The van der Waals surface area contributed by atoms with Crippen LogP contribution in [-0.2, 0) is 6.54 Å². The van der Waals surface area contributed by atoms with Crippen molar-refractivity contribution in [2.45, 2.75) is 19.4 Å². The van der Waals surface area contributed by atoms with Gasteiger partial charge in [-0.15, -0.1) is 0 Å². The number of aromatic nitrogens is 3. The van der Waals surface area contributed by atoms with E-state index >= 15 is 0 Å². The molecule has 0 saturated carbocycles. The van der Waals surface area contributed by atoms with Gasteiger partial charge < -0.3 is 5.32 Å². The minimum absolute atomic E-state index is 0.0983. The van der Waals surface area contributed by atoms with Crippen LogP contribution in [0.2, 0.25) is 0 Å². The van der Waals surface area contributed by atoms with Crippen molar-refractivity contribution in [3.05, 3.63) is 66.1 Å². The number of nitrogens with one attached hydrogen (secondary N) is 1. The van der Waals surface area contributed by atoms with Crippen LogP contribution < -0.4 is 5.32 Å². The Morgan fingerprint density at radius 2 is 2.12 bits per heavy atom. The lowest BCUT2D eigenvalue weighted by molar-refractivity contribution is 0.0932. The number of benzene rings is 1. The zero-order chi connectivity index (χ0) is 17.8. The maximum absolute atomic E-state index is 12.5. The van der Waals surface area contributed by atoms with Gasteiger partial charge in [-0.3, -0.25) is 9.69 Å². The first-order valence-corrected chi connectivity index (χ1v) is 9.12. The second-order valence-electron chi connectivity index (χ2n) is 6.89. The second-order valence-corrected chi connectivity index (χ2v) is 6.89. The van der Waals surface area contributed by atoms with Crippen molar-refractivity contribution < 1.29 is 4.79 Å². The topological polar surface area (TPSA) is 62.5 Å². The lowest BCUT2D eigenvalue weighted by Crippen LogP contribution is -2.40. The van der Waals surface area contributed by atoms with Crippen molar-refractivity contribution in [1.82, 2.24) is 24.8 Å². The number of likely N-dealkylation sites (tertiary alicyclic amines) is 1. The zero-order valence-electron chi connectivity index (χ0n) is 14.7. The molecule has 1 aromatic carbocycles. The van der Waals surface area contributed by atoms with Gasteiger partial charge in [-0.05, 0) is 36.9 Å². The Labute approximate surface area is 152 Å². The third-order valence-corrected chi connectivity index (χ3v) is 4.93. The van der Waals surface area contributed by atoms with E-state index in [0.29, 0.717) is 23.7 Å². The number of hydrogen-bond donors (Lipinski definition) is 1. The van der Waals surface area contributed by atoms with E-state index in [1.165, 1.54) is 12.0 Å². The fourth-order valence-corrected chi connectivity index (χ4v) is 3.62. The van der Waals surface area contributed by atoms with Crippen molar-refractivity contribution in [2.24, 2.45) is 5.92 Å². The van der Waals surface area contributed by atoms with Crippen LogP contribution in [0.25, 0.3) is 5.65 Å². The number of hydrogen-bond acceptors (Lipinski definition) is 4. The van der Waals surface area contributed by atoms with Gasteiger partial charge in [-0.25, -0.2) is 9.50 Å². The van der Waals surface area contributed by atoms with Crippen LogP contribution in [0.5, 0.6) is 0 Å². The highest BCUT2D eigenvalue weighted by Gasteiger charge is 2.21. The summed E-state index contributed by atoms with van der Waals surface area (Å²) >= 11 is 0. The summed E-state index contributed by atoms with van der Waals surface area (Å²) in [5.74, 6) is 0.380. The Morgan fingerprint density at radius 3 is 3.00 bits per heavy atom. The molecule has 1 aliphatic rings. The van der Waals surface area contributed by atoms with Crippen LogP contribution >= 0.6 is 0 Å². The van der Waals surface area contributed by atoms with Gasteiger partial charge in [0.05, 0.1) is 6.20 Å². The number of nitrogens with zero attached hydrogens (tertiary/aromatic N) is 4. The summed E-state index contributed by atoms with van der Waals surface area (Å²) in [5.41, 5.74) is 2.47. The van der Waals surface area contributed by atoms with Gasteiger partial charge in [0.2, 0.25) is 0 Å². The summed E-state index contributed by atoms with van der Waals surface area (Å²) in [6.07, 6.45) is 7.38. The van der Waals surface area contributed by atoms with E-state index in [2.05, 4.69) is 44.6 Å². The predicted molar refractivity (Wildman–Crippen MR) is 99.8 cm³/mol. The van der Waals surface area contributed by atoms with Gasteiger partial charge in [-0.2, -0.15) is 5.10 Å². The molecule has 4 rings (SSSR count). The normalized spacial score (nSPS) is 18.1. The van der Waals surface area contributed by atoms with Gasteiger partial charge in [0.15, 0.2) is 5.65 Å². The molecule has 0 unspecified atom stereocenters. The van der Waals surface area contributed by atoms with Gasteiger partial charge in [0.1, 0.15) is 5.56 Å². The van der Waals surface area contributed by atoms with Crippen molar-refractivity contribution in [2.75, 3.05) is 19.6 Å². The van der Waals surface area contributed by atoms with Crippen molar-refractivity contribution in [3.63, 3.8) is 0 Å². The van der Waals surface area contributed by atoms with Crippen molar-refractivity contribution >= 4 is 11.6 Å². The molecule has 0 bridgehead atoms. The van der Waals surface area contributed by atoms with E-state index in [0.717, 1.165) is 26.1 Å². The zero-order valence-corrected chi connectivity index (χ0v) is 14.7. The first-order valence-electron chi connectivity index (χ1n) is 9.12. The minimum atomic E-state index is -0.0983. The lowest BCUT2D eigenvalue weighted by Gasteiger charge is -2.32. The Morgan fingerprint density at radius 1 is 1.23 bits per heavy atom. The van der Waals surface area contributed by atoms with E-state index in [9.17, 15) is 4.79 Å². The van der Waals surface area contributed by atoms with Crippen LogP contribution in [0.3, 0.4) is 0 Å². The largest absolute Gasteiger partial charge is 0.352 e.